The van der Waals surface area contributed by atoms with E-state index in [1.165, 1.54) is 0 Å². The number of carbonyl (C=O) groups is 1. The van der Waals surface area contributed by atoms with Gasteiger partial charge in [0.15, 0.2) is 17.3 Å². The Morgan fingerprint density at radius 2 is 2.10 bits per heavy atom. The number of benzene rings is 1. The molecule has 4 aromatic rings. The van der Waals surface area contributed by atoms with Crippen molar-refractivity contribution in [1.82, 2.24) is 30.1 Å². The molecule has 3 aromatic heterocycles. The Balaban J connectivity index is 1.28. The third-order valence-electron chi connectivity index (χ3n) is 4.93. The van der Waals surface area contributed by atoms with E-state index in [9.17, 15) is 4.79 Å². The Labute approximate surface area is 165 Å². The first-order valence-electron chi connectivity index (χ1n) is 9.28. The van der Waals surface area contributed by atoms with Crippen LogP contribution in [0.5, 0.6) is 0 Å². The summed E-state index contributed by atoms with van der Waals surface area (Å²) < 4.78 is 12.7. The lowest BCUT2D eigenvalue weighted by Crippen LogP contribution is -2.39. The zero-order valence-corrected chi connectivity index (χ0v) is 15.7. The lowest BCUT2D eigenvalue weighted by atomic mass is 9.99. The summed E-state index contributed by atoms with van der Waals surface area (Å²) in [5, 5.41) is 15.0. The van der Waals surface area contributed by atoms with Crippen LogP contribution in [0.2, 0.25) is 0 Å². The molecule has 4 heterocycles. The van der Waals surface area contributed by atoms with Gasteiger partial charge in [0.2, 0.25) is 5.91 Å². The monoisotopic (exact) mass is 390 g/mol. The minimum absolute atomic E-state index is 0.158. The molecule has 1 N–H and O–H groups in total. The molecule has 1 aliphatic heterocycles. The van der Waals surface area contributed by atoms with Crippen LogP contribution in [0, 0.1) is 6.92 Å². The molecule has 0 saturated heterocycles. The number of aromatic nitrogens is 5. The van der Waals surface area contributed by atoms with E-state index in [1.807, 2.05) is 47.0 Å². The van der Waals surface area contributed by atoms with Crippen molar-refractivity contribution in [3.05, 3.63) is 65.4 Å². The molecule has 0 bridgehead atoms. The van der Waals surface area contributed by atoms with Crippen LogP contribution in [0.4, 0.5) is 0 Å². The molecule has 1 atom stereocenters. The molecule has 1 amide bonds. The van der Waals surface area contributed by atoms with Crippen LogP contribution in [-0.4, -0.2) is 36.7 Å². The number of ether oxygens (including phenoxy) is 1. The van der Waals surface area contributed by atoms with E-state index < -0.39 is 6.10 Å². The molecule has 0 spiro atoms. The van der Waals surface area contributed by atoms with Gasteiger partial charge in [-0.1, -0.05) is 29.4 Å². The molecule has 146 valence electrons. The van der Waals surface area contributed by atoms with Gasteiger partial charge in [0.25, 0.3) is 5.89 Å². The molecule has 0 aliphatic carbocycles. The van der Waals surface area contributed by atoms with Crippen LogP contribution in [0.25, 0.3) is 17.1 Å². The average Bonchev–Trinajstić information content (AvgIpc) is 3.37. The summed E-state index contributed by atoms with van der Waals surface area (Å²) in [7, 11) is 0. The number of pyridine rings is 1. The number of hydrogen-bond acceptors (Lipinski definition) is 7. The third kappa shape index (κ3) is 3.36. The molecule has 0 fully saturated rings. The Hall–Kier alpha value is -3.59. The number of carbonyl (C=O) groups excluding carboxylic acids is 1. The molecular weight excluding hydrogens is 372 g/mol. The third-order valence-corrected chi connectivity index (χ3v) is 4.93. The van der Waals surface area contributed by atoms with E-state index in [4.69, 9.17) is 9.26 Å². The molecule has 29 heavy (non-hydrogen) atoms. The van der Waals surface area contributed by atoms with Crippen molar-refractivity contribution in [1.29, 1.82) is 0 Å². The lowest BCUT2D eigenvalue weighted by Gasteiger charge is -2.24. The second-order valence-corrected chi connectivity index (χ2v) is 6.90. The number of rotatable bonds is 4. The summed E-state index contributed by atoms with van der Waals surface area (Å²) in [6.45, 7) is 2.46. The van der Waals surface area contributed by atoms with Gasteiger partial charge in [-0.3, -0.25) is 9.20 Å². The molecule has 1 aliphatic rings. The first-order chi connectivity index (χ1) is 14.2. The number of fused-ring (bicyclic) bond motifs is 2. The standard InChI is InChI=1S/C20H18N6O3/c1-12-22-20(29-25-12)14-6-7-26-17(9-14)23-24-18(26)10-21-19(27)16-8-13-4-2-3-5-15(13)11-28-16/h2-7,9,16H,8,10-11H2,1H3,(H,21,27). The summed E-state index contributed by atoms with van der Waals surface area (Å²) >= 11 is 0. The minimum Gasteiger partial charge on any atom is -0.363 e. The summed E-state index contributed by atoms with van der Waals surface area (Å²) in [6.07, 6.45) is 1.88. The van der Waals surface area contributed by atoms with E-state index in [0.717, 1.165) is 16.7 Å². The van der Waals surface area contributed by atoms with Crippen LogP contribution < -0.4 is 5.32 Å². The van der Waals surface area contributed by atoms with E-state index >= 15 is 0 Å². The smallest absolute Gasteiger partial charge is 0.258 e. The molecule has 9 nitrogen and oxygen atoms in total. The van der Waals surface area contributed by atoms with Crippen molar-refractivity contribution < 1.29 is 14.1 Å². The van der Waals surface area contributed by atoms with Gasteiger partial charge in [0.05, 0.1) is 13.2 Å². The Morgan fingerprint density at radius 1 is 1.24 bits per heavy atom. The fraction of sp³-hybridized carbons (Fsp3) is 0.250. The van der Waals surface area contributed by atoms with E-state index in [-0.39, 0.29) is 12.5 Å². The molecule has 1 unspecified atom stereocenters. The summed E-state index contributed by atoms with van der Waals surface area (Å²) in [6, 6.07) is 11.7. The first-order valence-corrected chi connectivity index (χ1v) is 9.28. The van der Waals surface area contributed by atoms with Gasteiger partial charge in [0.1, 0.15) is 6.10 Å². The highest BCUT2D eigenvalue weighted by atomic mass is 16.5. The second-order valence-electron chi connectivity index (χ2n) is 6.90. The SMILES string of the molecule is Cc1noc(-c2ccn3c(CNC(=O)C4Cc5ccccc5CO4)nnc3c2)n1. The quantitative estimate of drug-likeness (QED) is 0.566. The predicted octanol–water partition coefficient (Wildman–Crippen LogP) is 1.85. The van der Waals surface area contributed by atoms with Crippen LogP contribution in [0.1, 0.15) is 22.8 Å². The minimum atomic E-state index is -0.503. The maximum atomic E-state index is 12.6. The Kier molecular flexibility index (Phi) is 4.28. The zero-order valence-electron chi connectivity index (χ0n) is 15.7. The van der Waals surface area contributed by atoms with Crippen molar-refractivity contribution in [2.24, 2.45) is 0 Å². The number of amides is 1. The van der Waals surface area contributed by atoms with E-state index in [1.54, 1.807) is 6.92 Å². The lowest BCUT2D eigenvalue weighted by molar-refractivity contribution is -0.134. The van der Waals surface area contributed by atoms with E-state index in [0.29, 0.717) is 36.2 Å². The molecule has 5 rings (SSSR count). The van der Waals surface area contributed by atoms with Gasteiger partial charge >= 0.3 is 0 Å². The summed E-state index contributed by atoms with van der Waals surface area (Å²) in [5.74, 6) is 1.46. The molecular formula is C20H18N6O3. The highest BCUT2D eigenvalue weighted by molar-refractivity contribution is 5.81. The summed E-state index contributed by atoms with van der Waals surface area (Å²) in [5.41, 5.74) is 3.67. The van der Waals surface area contributed by atoms with Crippen molar-refractivity contribution in [3.8, 4) is 11.5 Å². The largest absolute Gasteiger partial charge is 0.363 e. The van der Waals surface area contributed by atoms with Gasteiger partial charge < -0.3 is 14.6 Å². The zero-order chi connectivity index (χ0) is 19.8. The van der Waals surface area contributed by atoms with Gasteiger partial charge in [-0.15, -0.1) is 10.2 Å². The fourth-order valence-electron chi connectivity index (χ4n) is 3.40. The van der Waals surface area contributed by atoms with Crippen LogP contribution in [0.3, 0.4) is 0 Å². The normalized spacial score (nSPS) is 16.0. The van der Waals surface area contributed by atoms with Crippen molar-refractivity contribution in [2.45, 2.75) is 32.6 Å². The van der Waals surface area contributed by atoms with Crippen LogP contribution >= 0.6 is 0 Å². The van der Waals surface area contributed by atoms with Crippen molar-refractivity contribution in [2.75, 3.05) is 0 Å². The van der Waals surface area contributed by atoms with Gasteiger partial charge in [0, 0.05) is 18.2 Å². The van der Waals surface area contributed by atoms with Crippen molar-refractivity contribution >= 4 is 11.6 Å². The van der Waals surface area contributed by atoms with E-state index in [2.05, 4.69) is 25.7 Å². The van der Waals surface area contributed by atoms with Gasteiger partial charge in [-0.05, 0) is 30.2 Å². The molecule has 9 heteroatoms. The van der Waals surface area contributed by atoms with Gasteiger partial charge in [-0.2, -0.15) is 4.98 Å². The maximum absolute atomic E-state index is 12.6. The number of hydrogen-bond donors (Lipinski definition) is 1. The molecule has 0 saturated carbocycles. The second kappa shape index (κ2) is 7.10. The van der Waals surface area contributed by atoms with Gasteiger partial charge in [-0.25, -0.2) is 0 Å². The number of nitrogens with zero attached hydrogens (tertiary/aromatic N) is 5. The van der Waals surface area contributed by atoms with Crippen molar-refractivity contribution in [3.63, 3.8) is 0 Å². The maximum Gasteiger partial charge on any atom is 0.258 e. The average molecular weight is 390 g/mol. The summed E-state index contributed by atoms with van der Waals surface area (Å²) in [4.78, 5) is 16.8. The number of nitrogens with one attached hydrogen (secondary N) is 1. The van der Waals surface area contributed by atoms with Crippen LogP contribution in [0.15, 0.2) is 47.1 Å². The predicted molar refractivity (Wildman–Crippen MR) is 102 cm³/mol. The Bertz CT molecular complexity index is 1200. The highest BCUT2D eigenvalue weighted by Gasteiger charge is 2.25. The molecule has 0 radical (unpaired) electrons. The Morgan fingerprint density at radius 3 is 2.93 bits per heavy atom. The van der Waals surface area contributed by atoms with Crippen LogP contribution in [-0.2, 0) is 29.1 Å². The number of aryl methyl sites for hydroxylation is 1. The topological polar surface area (TPSA) is 107 Å². The fourth-order valence-corrected chi connectivity index (χ4v) is 3.40. The first kappa shape index (κ1) is 17.5. The highest BCUT2D eigenvalue weighted by Crippen LogP contribution is 2.21. The molecule has 1 aromatic carbocycles.